The molecule has 9 heteroatoms. The average molecular weight is 421 g/mol. The number of nitrogens with one attached hydrogen (secondary N) is 1. The number of anilines is 2. The van der Waals surface area contributed by atoms with Gasteiger partial charge in [0.2, 0.25) is 0 Å². The summed E-state index contributed by atoms with van der Waals surface area (Å²) < 4.78 is 85.7. The standard InChI is InChI=1S/C20H21F6NO2/c1-18(2,3)12-28-11-13-4-9-16(21)17(10-13)27-14-5-7-15(8-6-14)29-20(25,26)19(22,23)24/h4-10,27H,11-12H2,1-3H3. The van der Waals surface area contributed by atoms with E-state index < -0.39 is 23.9 Å². The molecule has 0 fully saturated rings. The molecule has 2 rings (SSSR count). The number of alkyl halides is 5. The third-order valence-corrected chi connectivity index (χ3v) is 3.54. The molecule has 0 unspecified atom stereocenters. The zero-order valence-electron chi connectivity index (χ0n) is 16.0. The van der Waals surface area contributed by atoms with Gasteiger partial charge in [0.05, 0.1) is 18.9 Å². The molecule has 0 aliphatic rings. The molecule has 0 atom stereocenters. The molecule has 0 aliphatic heterocycles. The van der Waals surface area contributed by atoms with Crippen LogP contribution in [0.5, 0.6) is 5.75 Å². The molecule has 0 amide bonds. The van der Waals surface area contributed by atoms with Crippen LogP contribution in [0.4, 0.5) is 37.7 Å². The molecule has 3 nitrogen and oxygen atoms in total. The zero-order chi connectivity index (χ0) is 21.9. The van der Waals surface area contributed by atoms with Gasteiger partial charge in [-0.3, -0.25) is 0 Å². The summed E-state index contributed by atoms with van der Waals surface area (Å²) in [6.45, 7) is 6.83. The predicted molar refractivity (Wildman–Crippen MR) is 96.9 cm³/mol. The highest BCUT2D eigenvalue weighted by atomic mass is 19.4. The van der Waals surface area contributed by atoms with Crippen LogP contribution < -0.4 is 10.1 Å². The Morgan fingerprint density at radius 2 is 1.52 bits per heavy atom. The quantitative estimate of drug-likeness (QED) is 0.507. The normalized spacial score (nSPS) is 12.7. The summed E-state index contributed by atoms with van der Waals surface area (Å²) >= 11 is 0. The predicted octanol–water partition coefficient (Wildman–Crippen LogP) is 6.67. The van der Waals surface area contributed by atoms with Crippen molar-refractivity contribution in [1.29, 1.82) is 0 Å². The fraction of sp³-hybridized carbons (Fsp3) is 0.400. The lowest BCUT2D eigenvalue weighted by atomic mass is 9.99. The van der Waals surface area contributed by atoms with Crippen LogP contribution in [0.1, 0.15) is 26.3 Å². The Labute approximate surface area is 164 Å². The van der Waals surface area contributed by atoms with Gasteiger partial charge in [-0.15, -0.1) is 0 Å². The Morgan fingerprint density at radius 3 is 2.07 bits per heavy atom. The second kappa shape index (κ2) is 8.52. The van der Waals surface area contributed by atoms with E-state index in [2.05, 4.69) is 10.1 Å². The maximum absolute atomic E-state index is 14.0. The molecule has 0 saturated heterocycles. The molecule has 1 N–H and O–H groups in total. The molecule has 160 valence electrons. The zero-order valence-corrected chi connectivity index (χ0v) is 16.0. The summed E-state index contributed by atoms with van der Waals surface area (Å²) in [6.07, 6.45) is -11.1. The van der Waals surface area contributed by atoms with Crippen LogP contribution in [0.3, 0.4) is 0 Å². The van der Waals surface area contributed by atoms with Crippen molar-refractivity contribution in [2.45, 2.75) is 39.7 Å². The lowest BCUT2D eigenvalue weighted by Crippen LogP contribution is -2.41. The van der Waals surface area contributed by atoms with Crippen LogP contribution in [0.2, 0.25) is 0 Å². The van der Waals surface area contributed by atoms with Gasteiger partial charge in [0.25, 0.3) is 0 Å². The Hall–Kier alpha value is -2.42. The van der Waals surface area contributed by atoms with Crippen LogP contribution >= 0.6 is 0 Å². The first-order chi connectivity index (χ1) is 13.3. The van der Waals surface area contributed by atoms with Crippen LogP contribution in [0.25, 0.3) is 0 Å². The molecule has 0 radical (unpaired) electrons. The number of benzene rings is 2. The minimum Gasteiger partial charge on any atom is -0.426 e. The van der Waals surface area contributed by atoms with Gasteiger partial charge < -0.3 is 14.8 Å². The summed E-state index contributed by atoms with van der Waals surface area (Å²) in [7, 11) is 0. The highest BCUT2D eigenvalue weighted by Gasteiger charge is 2.61. The molecule has 2 aromatic carbocycles. The highest BCUT2D eigenvalue weighted by Crippen LogP contribution is 2.37. The minimum atomic E-state index is -5.83. The molecule has 0 spiro atoms. The van der Waals surface area contributed by atoms with Crippen molar-refractivity contribution in [3.8, 4) is 5.75 Å². The van der Waals surface area contributed by atoms with Crippen LogP contribution in [-0.2, 0) is 11.3 Å². The lowest BCUT2D eigenvalue weighted by molar-refractivity contribution is -0.360. The van der Waals surface area contributed by atoms with Crippen LogP contribution in [0, 0.1) is 11.2 Å². The van der Waals surface area contributed by atoms with E-state index in [0.29, 0.717) is 12.2 Å². The number of hydrogen-bond acceptors (Lipinski definition) is 3. The summed E-state index contributed by atoms with van der Waals surface area (Å²) in [4.78, 5) is 0. The van der Waals surface area contributed by atoms with E-state index in [1.807, 2.05) is 20.8 Å². The van der Waals surface area contributed by atoms with E-state index in [1.54, 1.807) is 6.07 Å². The van der Waals surface area contributed by atoms with Gasteiger partial charge in [0, 0.05) is 5.69 Å². The molecule has 2 aromatic rings. The molecule has 0 bridgehead atoms. The van der Waals surface area contributed by atoms with Gasteiger partial charge in [0.15, 0.2) is 0 Å². The monoisotopic (exact) mass is 421 g/mol. The van der Waals surface area contributed by atoms with Crippen LogP contribution in [0.15, 0.2) is 42.5 Å². The molecule has 29 heavy (non-hydrogen) atoms. The second-order valence-electron chi connectivity index (χ2n) is 7.63. The third-order valence-electron chi connectivity index (χ3n) is 3.54. The average Bonchev–Trinajstić information content (AvgIpc) is 2.57. The Kier molecular flexibility index (Phi) is 6.72. The van der Waals surface area contributed by atoms with Gasteiger partial charge in [0.1, 0.15) is 11.6 Å². The topological polar surface area (TPSA) is 30.5 Å². The van der Waals surface area contributed by atoms with Crippen molar-refractivity contribution in [3.63, 3.8) is 0 Å². The maximum atomic E-state index is 14.0. The molecule has 0 saturated carbocycles. The number of ether oxygens (including phenoxy) is 2. The van der Waals surface area contributed by atoms with Crippen molar-refractivity contribution in [2.24, 2.45) is 5.41 Å². The Balaban J connectivity index is 2.05. The fourth-order valence-electron chi connectivity index (χ4n) is 2.20. The molecular formula is C20H21F6NO2. The first-order valence-corrected chi connectivity index (χ1v) is 8.64. The summed E-state index contributed by atoms with van der Waals surface area (Å²) in [6, 6.07) is 8.60. The largest absolute Gasteiger partial charge is 0.499 e. The van der Waals surface area contributed by atoms with Crippen molar-refractivity contribution in [1.82, 2.24) is 0 Å². The summed E-state index contributed by atoms with van der Waals surface area (Å²) in [5, 5.41) is 2.74. The van der Waals surface area contributed by atoms with Gasteiger partial charge >= 0.3 is 12.3 Å². The first kappa shape index (κ1) is 22.9. The highest BCUT2D eigenvalue weighted by molar-refractivity contribution is 5.61. The number of rotatable bonds is 7. The van der Waals surface area contributed by atoms with Gasteiger partial charge in [-0.2, -0.15) is 22.0 Å². The van der Waals surface area contributed by atoms with Crippen molar-refractivity contribution < 1.29 is 35.8 Å². The number of halogens is 6. The van der Waals surface area contributed by atoms with Crippen molar-refractivity contribution in [3.05, 3.63) is 53.8 Å². The smallest absolute Gasteiger partial charge is 0.426 e. The Bertz CT molecular complexity index is 813. The van der Waals surface area contributed by atoms with Crippen molar-refractivity contribution in [2.75, 3.05) is 11.9 Å². The van der Waals surface area contributed by atoms with E-state index in [4.69, 9.17) is 4.74 Å². The Morgan fingerprint density at radius 1 is 0.897 bits per heavy atom. The first-order valence-electron chi connectivity index (χ1n) is 8.64. The van der Waals surface area contributed by atoms with E-state index >= 15 is 0 Å². The van der Waals surface area contributed by atoms with Gasteiger partial charge in [-0.25, -0.2) is 4.39 Å². The van der Waals surface area contributed by atoms with Crippen molar-refractivity contribution >= 4 is 11.4 Å². The lowest BCUT2D eigenvalue weighted by Gasteiger charge is -2.20. The van der Waals surface area contributed by atoms with E-state index in [-0.39, 0.29) is 23.4 Å². The van der Waals surface area contributed by atoms with Gasteiger partial charge in [-0.1, -0.05) is 26.8 Å². The third kappa shape index (κ3) is 6.85. The SMILES string of the molecule is CC(C)(C)COCc1ccc(F)c(Nc2ccc(OC(F)(F)C(F)(F)F)cc2)c1. The van der Waals surface area contributed by atoms with E-state index in [1.165, 1.54) is 24.3 Å². The van der Waals surface area contributed by atoms with Crippen LogP contribution in [-0.4, -0.2) is 18.9 Å². The second-order valence-corrected chi connectivity index (χ2v) is 7.63. The molecular weight excluding hydrogens is 400 g/mol. The number of hydrogen-bond donors (Lipinski definition) is 1. The maximum Gasteiger partial charge on any atom is 0.499 e. The summed E-state index contributed by atoms with van der Waals surface area (Å²) in [5.41, 5.74) is 1.08. The van der Waals surface area contributed by atoms with E-state index in [9.17, 15) is 26.3 Å². The minimum absolute atomic E-state index is 0.0200. The van der Waals surface area contributed by atoms with E-state index in [0.717, 1.165) is 12.1 Å². The fourth-order valence-corrected chi connectivity index (χ4v) is 2.20. The molecule has 0 aliphatic carbocycles. The molecule has 0 heterocycles. The molecule has 0 aromatic heterocycles. The summed E-state index contributed by atoms with van der Waals surface area (Å²) in [5.74, 6) is -1.24. The van der Waals surface area contributed by atoms with Gasteiger partial charge in [-0.05, 0) is 47.4 Å².